The quantitative estimate of drug-likeness (QED) is 0.762. The molecule has 0 spiro atoms. The van der Waals surface area contributed by atoms with Gasteiger partial charge in [-0.1, -0.05) is 42.1 Å². The molecule has 3 aliphatic rings. The predicted molar refractivity (Wildman–Crippen MR) is 103 cm³/mol. The van der Waals surface area contributed by atoms with Crippen LogP contribution in [0, 0.1) is 0 Å². The minimum atomic E-state index is 0.127. The first-order valence-electron chi connectivity index (χ1n) is 9.43. The summed E-state index contributed by atoms with van der Waals surface area (Å²) < 4.78 is 0. The molecule has 2 aromatic rings. The molecule has 132 valence electrons. The summed E-state index contributed by atoms with van der Waals surface area (Å²) in [5.41, 5.74) is 4.68. The summed E-state index contributed by atoms with van der Waals surface area (Å²) in [5.74, 6) is 0.588. The van der Waals surface area contributed by atoms with E-state index in [0.717, 1.165) is 41.8 Å². The smallest absolute Gasteiger partial charge is 0.254 e. The molecule has 3 nitrogen and oxygen atoms in total. The zero-order chi connectivity index (χ0) is 17.7. The van der Waals surface area contributed by atoms with Crippen molar-refractivity contribution < 1.29 is 9.59 Å². The van der Waals surface area contributed by atoms with E-state index in [9.17, 15) is 9.59 Å². The zero-order valence-corrected chi connectivity index (χ0v) is 15.4. The van der Waals surface area contributed by atoms with Crippen LogP contribution in [0.4, 0.5) is 0 Å². The van der Waals surface area contributed by atoms with E-state index in [-0.39, 0.29) is 11.0 Å². The third kappa shape index (κ3) is 2.59. The molecule has 0 bridgehead atoms. The molecule has 2 atom stereocenters. The highest BCUT2D eigenvalue weighted by molar-refractivity contribution is 8.14. The van der Waals surface area contributed by atoms with Gasteiger partial charge in [0.15, 0.2) is 5.12 Å². The van der Waals surface area contributed by atoms with Crippen LogP contribution in [0.25, 0.3) is 0 Å². The lowest BCUT2D eigenvalue weighted by Crippen LogP contribution is -2.49. The van der Waals surface area contributed by atoms with Gasteiger partial charge >= 0.3 is 0 Å². The topological polar surface area (TPSA) is 37.4 Å². The fourth-order valence-electron chi connectivity index (χ4n) is 4.86. The number of hydrogen-bond donors (Lipinski definition) is 0. The first-order valence-corrected chi connectivity index (χ1v) is 10.2. The van der Waals surface area contributed by atoms with Crippen molar-refractivity contribution in [2.24, 2.45) is 0 Å². The second kappa shape index (κ2) is 6.27. The van der Waals surface area contributed by atoms with E-state index >= 15 is 0 Å². The van der Waals surface area contributed by atoms with Crippen LogP contribution in [-0.4, -0.2) is 28.5 Å². The van der Waals surface area contributed by atoms with Crippen LogP contribution in [-0.2, 0) is 17.6 Å². The van der Waals surface area contributed by atoms with Gasteiger partial charge in [-0.25, -0.2) is 0 Å². The van der Waals surface area contributed by atoms with E-state index in [4.69, 9.17) is 0 Å². The third-order valence-electron chi connectivity index (χ3n) is 6.08. The van der Waals surface area contributed by atoms with Gasteiger partial charge in [-0.15, -0.1) is 0 Å². The highest BCUT2D eigenvalue weighted by Crippen LogP contribution is 2.41. The van der Waals surface area contributed by atoms with Crippen molar-refractivity contribution in [1.29, 1.82) is 0 Å². The molecule has 26 heavy (non-hydrogen) atoms. The normalized spacial score (nSPS) is 24.0. The van der Waals surface area contributed by atoms with Crippen molar-refractivity contribution >= 4 is 22.8 Å². The van der Waals surface area contributed by atoms with E-state index in [0.29, 0.717) is 18.4 Å². The van der Waals surface area contributed by atoms with Crippen LogP contribution in [0.3, 0.4) is 0 Å². The maximum Gasteiger partial charge on any atom is 0.254 e. The Morgan fingerprint density at radius 3 is 2.88 bits per heavy atom. The average Bonchev–Trinajstić information content (AvgIpc) is 3.06. The Labute approximate surface area is 157 Å². The number of nitrogens with zero attached hydrogens (tertiary/aromatic N) is 1. The number of benzene rings is 2. The van der Waals surface area contributed by atoms with E-state index < -0.39 is 0 Å². The number of fused-ring (bicyclic) bond motifs is 4. The van der Waals surface area contributed by atoms with Gasteiger partial charge in [-0.05, 0) is 54.5 Å². The monoisotopic (exact) mass is 363 g/mol. The number of aryl methyl sites for hydroxylation is 1. The molecule has 5 rings (SSSR count). The Bertz CT molecular complexity index is 907. The lowest BCUT2D eigenvalue weighted by atomic mass is 9.74. The molecule has 1 amide bonds. The summed E-state index contributed by atoms with van der Waals surface area (Å²) in [4.78, 5) is 28.0. The predicted octanol–water partition coefficient (Wildman–Crippen LogP) is 4.20. The van der Waals surface area contributed by atoms with Crippen molar-refractivity contribution in [3.05, 3.63) is 64.7 Å². The molecule has 2 aliphatic heterocycles. The fraction of sp³-hybridized carbons (Fsp3) is 0.364. The molecular formula is C22H21NO2S. The van der Waals surface area contributed by atoms with Gasteiger partial charge in [0.2, 0.25) is 0 Å². The summed E-state index contributed by atoms with van der Waals surface area (Å²) >= 11 is 1.27. The molecule has 4 heteroatoms. The van der Waals surface area contributed by atoms with Crippen molar-refractivity contribution in [2.75, 3.05) is 6.54 Å². The zero-order valence-electron chi connectivity index (χ0n) is 14.6. The lowest BCUT2D eigenvalue weighted by molar-refractivity contribution is -0.110. The second-order valence-electron chi connectivity index (χ2n) is 7.53. The molecule has 1 saturated heterocycles. The van der Waals surface area contributed by atoms with Gasteiger partial charge in [-0.2, -0.15) is 0 Å². The van der Waals surface area contributed by atoms with Crippen molar-refractivity contribution in [3.63, 3.8) is 0 Å². The van der Waals surface area contributed by atoms with Crippen molar-refractivity contribution in [1.82, 2.24) is 4.90 Å². The Hall–Kier alpha value is -2.07. The highest BCUT2D eigenvalue weighted by Gasteiger charge is 2.38. The Balaban J connectivity index is 1.45. The summed E-state index contributed by atoms with van der Waals surface area (Å²) in [6, 6.07) is 14.8. The summed E-state index contributed by atoms with van der Waals surface area (Å²) in [6.45, 7) is 0.839. The minimum Gasteiger partial charge on any atom is -0.335 e. The molecule has 2 aromatic carbocycles. The first kappa shape index (κ1) is 16.1. The van der Waals surface area contributed by atoms with E-state index in [1.54, 1.807) is 0 Å². The van der Waals surface area contributed by atoms with Crippen molar-refractivity contribution in [2.45, 2.75) is 49.0 Å². The molecule has 1 unspecified atom stereocenters. The lowest BCUT2D eigenvalue weighted by Gasteiger charge is -2.45. The molecule has 0 aromatic heterocycles. The molecule has 0 radical (unpaired) electrons. The van der Waals surface area contributed by atoms with E-state index in [2.05, 4.69) is 29.2 Å². The van der Waals surface area contributed by atoms with Crippen LogP contribution >= 0.6 is 11.8 Å². The second-order valence-corrected chi connectivity index (χ2v) is 8.62. The first-order chi connectivity index (χ1) is 12.7. The van der Waals surface area contributed by atoms with Gasteiger partial charge in [-0.3, -0.25) is 9.59 Å². The number of carbonyl (C=O) groups is 2. The number of amides is 1. The molecule has 1 fully saturated rings. The Morgan fingerprint density at radius 2 is 1.96 bits per heavy atom. The van der Waals surface area contributed by atoms with Crippen LogP contribution in [0.5, 0.6) is 0 Å². The maximum atomic E-state index is 13.3. The molecule has 1 aliphatic carbocycles. The largest absolute Gasteiger partial charge is 0.335 e. The Kier molecular flexibility index (Phi) is 3.89. The maximum absolute atomic E-state index is 13.3. The minimum absolute atomic E-state index is 0.127. The summed E-state index contributed by atoms with van der Waals surface area (Å²) in [5, 5.41) is 0.173. The summed E-state index contributed by atoms with van der Waals surface area (Å²) in [6.07, 6.45) is 4.81. The third-order valence-corrected chi connectivity index (χ3v) is 7.05. The number of thioether (sulfide) groups is 1. The van der Waals surface area contributed by atoms with Crippen LogP contribution in [0.1, 0.15) is 52.2 Å². The number of hydrogen-bond acceptors (Lipinski definition) is 3. The molecule has 0 N–H and O–H groups in total. The van der Waals surface area contributed by atoms with Gasteiger partial charge in [0.25, 0.3) is 5.91 Å². The number of rotatable bonds is 1. The number of likely N-dealkylation sites (tertiary alicyclic amines) is 1. The van der Waals surface area contributed by atoms with Gasteiger partial charge in [0.1, 0.15) is 0 Å². The van der Waals surface area contributed by atoms with E-state index in [1.807, 2.05) is 18.2 Å². The number of carbonyl (C=O) groups excluding carboxylic acids is 2. The molecular weight excluding hydrogens is 342 g/mol. The SMILES string of the molecule is O=C1Cc2ccc(C(=O)N3CCCC4c5ccccc5CC[C@@H]43)cc2S1. The van der Waals surface area contributed by atoms with Gasteiger partial charge in [0.05, 0.1) is 0 Å². The average molecular weight is 363 g/mol. The highest BCUT2D eigenvalue weighted by atomic mass is 32.2. The van der Waals surface area contributed by atoms with Crippen molar-refractivity contribution in [3.8, 4) is 0 Å². The standard InChI is InChI=1S/C22H21NO2S/c24-21-13-15-7-8-16(12-20(15)26-21)22(25)23-11-3-6-18-17-5-2-1-4-14(17)9-10-19(18)23/h1-2,4-5,7-8,12,18-19H,3,6,9-11,13H2/t18?,19-/m0/s1. The Morgan fingerprint density at radius 1 is 1.08 bits per heavy atom. The van der Waals surface area contributed by atoms with Crippen LogP contribution in [0.15, 0.2) is 47.4 Å². The summed E-state index contributed by atoms with van der Waals surface area (Å²) in [7, 11) is 0. The van der Waals surface area contributed by atoms with Gasteiger partial charge < -0.3 is 4.90 Å². The number of piperidine rings is 1. The molecule has 0 saturated carbocycles. The van der Waals surface area contributed by atoms with Crippen LogP contribution in [0.2, 0.25) is 0 Å². The molecule has 2 heterocycles. The van der Waals surface area contributed by atoms with E-state index in [1.165, 1.54) is 29.3 Å². The fourth-order valence-corrected chi connectivity index (χ4v) is 5.79. The van der Waals surface area contributed by atoms with Gasteiger partial charge in [0, 0.05) is 35.4 Å². The van der Waals surface area contributed by atoms with Crippen LogP contribution < -0.4 is 0 Å².